The molecule has 0 heterocycles. The number of nitrogens with one attached hydrogen (secondary N) is 12. The largest absolute Gasteiger partial charge is 0.481 e. The number of aliphatic imine (C=N–C) groups is 1. The van der Waals surface area contributed by atoms with E-state index in [9.17, 15) is 102 Å². The number of benzene rings is 2. The predicted molar refractivity (Wildman–Crippen MR) is 407 cm³/mol. The first-order valence-corrected chi connectivity index (χ1v) is 37.1. The number of guanidine groups is 1. The van der Waals surface area contributed by atoms with Gasteiger partial charge in [0.2, 0.25) is 76.8 Å². The molecule has 2 rings (SSSR count). The summed E-state index contributed by atoms with van der Waals surface area (Å²) in [6.07, 6.45) is -4.91. The summed E-state index contributed by atoms with van der Waals surface area (Å²) in [5, 5.41) is 79.2. The lowest BCUT2D eigenvalue weighted by atomic mass is 9.96. The molecule has 0 radical (unpaired) electrons. The van der Waals surface area contributed by atoms with Gasteiger partial charge in [0.1, 0.15) is 66.5 Å². The molecule has 2 aromatic carbocycles. The van der Waals surface area contributed by atoms with Crippen LogP contribution in [0.25, 0.3) is 0 Å². The first-order chi connectivity index (χ1) is 52.6. The Hall–Kier alpha value is -10.9. The quantitative estimate of drug-likeness (QED) is 0.0168. The van der Waals surface area contributed by atoms with Crippen LogP contribution in [0.5, 0.6) is 0 Å². The van der Waals surface area contributed by atoms with Gasteiger partial charge in [-0.05, 0) is 99.6 Å². The van der Waals surface area contributed by atoms with E-state index in [-0.39, 0.29) is 76.8 Å². The maximum atomic E-state index is 14.7. The second kappa shape index (κ2) is 50.1. The fourth-order valence-electron chi connectivity index (χ4n) is 11.3. The number of unbranched alkanes of at least 4 members (excludes halogenated alkanes) is 1. The Bertz CT molecular complexity index is 3510. The average Bonchev–Trinajstić information content (AvgIpc) is 0.851. The minimum absolute atomic E-state index is 0.0757. The first-order valence-electron chi connectivity index (χ1n) is 37.1. The van der Waals surface area contributed by atoms with Crippen LogP contribution in [0.3, 0.4) is 0 Å². The predicted octanol–water partition coefficient (Wildman–Crippen LogP) is -4.73. The highest BCUT2D eigenvalue weighted by atomic mass is 16.4. The Morgan fingerprint density at radius 1 is 0.420 bits per heavy atom. The molecule has 0 bridgehead atoms. The number of rotatable bonds is 53. The Labute approximate surface area is 649 Å². The van der Waals surface area contributed by atoms with Gasteiger partial charge in [0.15, 0.2) is 12.0 Å². The van der Waals surface area contributed by atoms with Crippen molar-refractivity contribution in [2.45, 2.75) is 237 Å². The van der Waals surface area contributed by atoms with Gasteiger partial charge in [0.05, 0.1) is 31.6 Å². The van der Waals surface area contributed by atoms with Crippen molar-refractivity contribution in [3.8, 4) is 0 Å². The lowest BCUT2D eigenvalue weighted by molar-refractivity contribution is -0.145. The van der Waals surface area contributed by atoms with Crippen molar-refractivity contribution in [3.05, 3.63) is 71.8 Å². The molecule has 0 aliphatic rings. The summed E-state index contributed by atoms with van der Waals surface area (Å²) in [7, 11) is 0. The van der Waals surface area contributed by atoms with Crippen LogP contribution < -0.4 is 92.5 Å². The van der Waals surface area contributed by atoms with E-state index in [4.69, 9.17) is 28.7 Å². The third-order valence-corrected chi connectivity index (χ3v) is 17.6. The summed E-state index contributed by atoms with van der Waals surface area (Å²) in [5.74, 6) is -20.9. The van der Waals surface area contributed by atoms with Crippen LogP contribution in [-0.2, 0) is 89.6 Å². The van der Waals surface area contributed by atoms with Crippen LogP contribution in [0.2, 0.25) is 0 Å². The van der Waals surface area contributed by atoms with Crippen molar-refractivity contribution < 1.29 is 102 Å². The molecule has 27 N–H and O–H groups in total. The van der Waals surface area contributed by atoms with Crippen LogP contribution in [0, 0.1) is 23.7 Å². The number of aliphatic hydroxyl groups is 2. The molecule has 39 heteroatoms. The Morgan fingerprint density at radius 2 is 0.804 bits per heavy atom. The van der Waals surface area contributed by atoms with E-state index in [0.29, 0.717) is 17.5 Å². The van der Waals surface area contributed by atoms with Gasteiger partial charge in [-0.3, -0.25) is 76.9 Å². The van der Waals surface area contributed by atoms with Gasteiger partial charge >= 0.3 is 17.9 Å². The van der Waals surface area contributed by atoms with Gasteiger partial charge in [-0.15, -0.1) is 0 Å². The van der Waals surface area contributed by atoms with Crippen LogP contribution in [0.1, 0.15) is 150 Å². The Morgan fingerprint density at radius 3 is 1.23 bits per heavy atom. The van der Waals surface area contributed by atoms with Gasteiger partial charge in [-0.25, -0.2) is 4.79 Å². The number of aliphatic carboxylic acids is 3. The van der Waals surface area contributed by atoms with E-state index in [1.54, 1.807) is 102 Å². The molecule has 0 saturated heterocycles. The number of primary amides is 1. The summed E-state index contributed by atoms with van der Waals surface area (Å²) in [6.45, 7) is 13.4. The third-order valence-electron chi connectivity index (χ3n) is 17.6. The number of hydrogen-bond acceptors (Lipinski definition) is 21. The van der Waals surface area contributed by atoms with Gasteiger partial charge in [-0.2, -0.15) is 0 Å². The Kier molecular flexibility index (Phi) is 43.4. The monoisotopic (exact) mass is 1580 g/mol. The summed E-state index contributed by atoms with van der Waals surface area (Å²) in [6, 6.07) is -4.75. The number of carboxylic acid groups (broad SMARTS) is 3. The highest BCUT2D eigenvalue weighted by Crippen LogP contribution is 2.17. The molecule has 0 spiro atoms. The molecule has 0 fully saturated rings. The third kappa shape index (κ3) is 36.3. The second-order valence-corrected chi connectivity index (χ2v) is 28.6. The van der Waals surface area contributed by atoms with E-state index in [1.807, 2.05) is 0 Å². The summed E-state index contributed by atoms with van der Waals surface area (Å²) >= 11 is 0. The molecule has 112 heavy (non-hydrogen) atoms. The van der Waals surface area contributed by atoms with Crippen LogP contribution in [-0.4, -0.2) is 231 Å². The molecule has 39 nitrogen and oxygen atoms in total. The molecule has 0 aromatic heterocycles. The van der Waals surface area contributed by atoms with Crippen molar-refractivity contribution in [3.63, 3.8) is 0 Å². The molecular formula is C73H116N18O21. The number of carbonyl (C=O) groups excluding carboxylic acids is 13. The lowest BCUT2D eigenvalue weighted by Crippen LogP contribution is -2.62. The second-order valence-electron chi connectivity index (χ2n) is 28.6. The van der Waals surface area contributed by atoms with Crippen molar-refractivity contribution in [2.75, 3.05) is 19.7 Å². The number of carboxylic acids is 3. The molecule has 0 unspecified atom stereocenters. The van der Waals surface area contributed by atoms with Crippen molar-refractivity contribution in [1.82, 2.24) is 63.8 Å². The number of amides is 13. The SMILES string of the molecule is CC[C@H](C)[C@H](NC(=O)[C@H](Cc1ccccc1)NC(=O)[C@H](CO)NC(=O)[C@@H](N)CCCN=C(N)N)C(=O)N[C@@H](CCC(=O)O)C(=O)N[C@@H](CC(=O)O)C(=O)N[C@@H](CC(C)C)C(=O)N[C@@H](CC(C)C)C(=O)N[C@@H](Cc1ccccc1)C(=O)N[C@@H](CC(N)=O)C(=O)N[C@@H](CCCCN)C(=O)N[C@H](C(=O)N[C@H](C(=O)O)[C@@H](C)O)C(C)C. The Balaban J connectivity index is 2.57. The minimum Gasteiger partial charge on any atom is -0.481 e. The average molecular weight is 1580 g/mol. The molecule has 13 amide bonds. The number of aliphatic hydroxyl groups excluding tert-OH is 2. The van der Waals surface area contributed by atoms with Crippen molar-refractivity contribution in [2.24, 2.45) is 57.3 Å². The summed E-state index contributed by atoms with van der Waals surface area (Å²) in [4.78, 5) is 223. The highest BCUT2D eigenvalue weighted by Gasteiger charge is 2.40. The first kappa shape index (κ1) is 97.1. The number of nitrogens with zero attached hydrogens (tertiary/aromatic N) is 1. The molecular weight excluding hydrogens is 1460 g/mol. The summed E-state index contributed by atoms with van der Waals surface area (Å²) < 4.78 is 0. The molecule has 0 aliphatic carbocycles. The smallest absolute Gasteiger partial charge is 0.328 e. The molecule has 15 atom stereocenters. The number of nitrogens with two attached hydrogens (primary N) is 5. The molecule has 624 valence electrons. The van der Waals surface area contributed by atoms with Gasteiger partial charge in [0.25, 0.3) is 0 Å². The standard InChI is InChI=1S/C73H116N18O21/c1-10-40(8)58(90-68(107)50(33-43-22-15-12-16-23-43)85-69(108)53(36-92)88-60(99)44(75)24-19-29-79-73(77)78)71(110)81-46(26-27-55(95)96)61(100)87-52(35-56(97)98)67(106)83-47(30-37(2)3)63(102)82-48(31-38(4)5)64(103)84-49(32-42-20-13-11-14-21-42)65(104)86-51(34-54(76)94)66(105)80-45(25-17-18-28-74)62(101)89-57(39(6)7)70(109)91-59(41(9)93)72(111)112/h11-16,20-23,37-41,44-53,57-59,92-93H,10,17-19,24-36,74-75H2,1-9H3,(H2,76,94)(H,80,105)(H,81,110)(H,82,102)(H,83,106)(H,84,103)(H,85,108)(H,86,104)(H,87,100)(H,88,99)(H,89,101)(H,90,107)(H,91,109)(H,95,96)(H,97,98)(H,111,112)(H4,77,78,79)/t40-,41+,44-,45-,46-,47-,48-,49-,50-,51-,52-,53-,57-,58-,59-/m0/s1. The minimum atomic E-state index is -2.07. The summed E-state index contributed by atoms with van der Waals surface area (Å²) in [5.41, 5.74) is 29.0. The molecule has 0 aliphatic heterocycles. The lowest BCUT2D eigenvalue weighted by Gasteiger charge is -2.30. The zero-order chi connectivity index (χ0) is 84.6. The van der Waals surface area contributed by atoms with Crippen LogP contribution in [0.4, 0.5) is 0 Å². The molecule has 0 saturated carbocycles. The topological polar surface area (TPSA) is 661 Å². The fraction of sp³-hybridized carbons (Fsp3) is 0.603. The number of carbonyl (C=O) groups is 16. The normalized spacial score (nSPS) is 15.2. The maximum absolute atomic E-state index is 14.7. The van der Waals surface area contributed by atoms with E-state index in [1.165, 1.54) is 13.8 Å². The van der Waals surface area contributed by atoms with Gasteiger partial charge in [-0.1, -0.05) is 122 Å². The van der Waals surface area contributed by atoms with E-state index >= 15 is 0 Å². The van der Waals surface area contributed by atoms with Crippen molar-refractivity contribution >= 4 is 101 Å². The van der Waals surface area contributed by atoms with E-state index in [2.05, 4.69) is 68.8 Å². The van der Waals surface area contributed by atoms with Gasteiger partial charge < -0.3 is 118 Å². The number of hydrogen-bond donors (Lipinski definition) is 22. The van der Waals surface area contributed by atoms with E-state index < -0.39 is 235 Å². The zero-order valence-electron chi connectivity index (χ0n) is 64.8. The van der Waals surface area contributed by atoms with Crippen LogP contribution in [0.15, 0.2) is 65.7 Å². The zero-order valence-corrected chi connectivity index (χ0v) is 64.8. The maximum Gasteiger partial charge on any atom is 0.328 e. The fourth-order valence-corrected chi connectivity index (χ4v) is 11.3. The molecule has 2 aromatic rings. The highest BCUT2D eigenvalue weighted by molar-refractivity contribution is 6.01. The van der Waals surface area contributed by atoms with Gasteiger partial charge in [0, 0.05) is 25.8 Å². The van der Waals surface area contributed by atoms with E-state index in [0.717, 1.165) is 6.92 Å². The van der Waals surface area contributed by atoms with Crippen LogP contribution >= 0.6 is 0 Å². The van der Waals surface area contributed by atoms with Crippen molar-refractivity contribution in [1.29, 1.82) is 0 Å².